The largest absolute Gasteiger partial charge is 0.382 e. The Morgan fingerprint density at radius 2 is 2.42 bits per heavy atom. The summed E-state index contributed by atoms with van der Waals surface area (Å²) < 4.78 is 10.8. The van der Waals surface area contributed by atoms with Crippen molar-refractivity contribution in [1.82, 2.24) is 0 Å². The van der Waals surface area contributed by atoms with E-state index < -0.39 is 0 Å². The minimum Gasteiger partial charge on any atom is -0.382 e. The van der Waals surface area contributed by atoms with Crippen molar-refractivity contribution in [2.45, 2.75) is 25.5 Å². The van der Waals surface area contributed by atoms with Crippen molar-refractivity contribution < 1.29 is 9.47 Å². The van der Waals surface area contributed by atoms with Crippen molar-refractivity contribution in [1.29, 1.82) is 0 Å². The van der Waals surface area contributed by atoms with Gasteiger partial charge in [-0.3, -0.25) is 0 Å². The zero-order valence-electron chi connectivity index (χ0n) is 7.66. The van der Waals surface area contributed by atoms with Gasteiger partial charge in [0, 0.05) is 6.00 Å². The van der Waals surface area contributed by atoms with Crippen LogP contribution in [-0.2, 0) is 9.47 Å². The molecule has 0 aliphatic carbocycles. The SMILES string of the molecule is [B]C1CC(C)C(COCSC)O1. The predicted octanol–water partition coefficient (Wildman–Crippen LogP) is 1.24. The molecule has 1 rings (SSSR count). The summed E-state index contributed by atoms with van der Waals surface area (Å²) in [4.78, 5) is 0. The lowest BCUT2D eigenvalue weighted by Gasteiger charge is -2.14. The molecule has 3 atom stereocenters. The summed E-state index contributed by atoms with van der Waals surface area (Å²) >= 11 is 1.68. The number of hydrogen-bond acceptors (Lipinski definition) is 3. The van der Waals surface area contributed by atoms with Gasteiger partial charge in [0.1, 0.15) is 7.85 Å². The molecule has 1 aliphatic heterocycles. The van der Waals surface area contributed by atoms with E-state index in [-0.39, 0.29) is 12.1 Å². The summed E-state index contributed by atoms with van der Waals surface area (Å²) in [6.07, 6.45) is 3.17. The maximum atomic E-state index is 5.64. The lowest BCUT2D eigenvalue weighted by Crippen LogP contribution is -2.21. The summed E-state index contributed by atoms with van der Waals surface area (Å²) in [5.74, 6) is 1.27. The molecule has 0 bridgehead atoms. The van der Waals surface area contributed by atoms with E-state index in [1.807, 2.05) is 6.26 Å². The Bertz CT molecular complexity index is 134. The highest BCUT2D eigenvalue weighted by atomic mass is 32.2. The molecule has 0 saturated carbocycles. The van der Waals surface area contributed by atoms with E-state index in [0.717, 1.165) is 12.4 Å². The van der Waals surface area contributed by atoms with E-state index >= 15 is 0 Å². The summed E-state index contributed by atoms with van der Waals surface area (Å²) in [5.41, 5.74) is 0. The molecule has 1 saturated heterocycles. The van der Waals surface area contributed by atoms with Crippen LogP contribution >= 0.6 is 11.8 Å². The molecule has 4 heteroatoms. The Balaban J connectivity index is 2.15. The van der Waals surface area contributed by atoms with Gasteiger partial charge in [-0.25, -0.2) is 0 Å². The van der Waals surface area contributed by atoms with Crippen molar-refractivity contribution in [3.63, 3.8) is 0 Å². The van der Waals surface area contributed by atoms with E-state index in [0.29, 0.717) is 12.5 Å². The summed E-state index contributed by atoms with van der Waals surface area (Å²) in [7, 11) is 5.64. The first-order valence-corrected chi connectivity index (χ1v) is 5.61. The Kier molecular flexibility index (Phi) is 4.47. The number of hydrogen-bond donors (Lipinski definition) is 0. The molecule has 2 radical (unpaired) electrons. The molecule has 0 spiro atoms. The van der Waals surface area contributed by atoms with E-state index in [1.54, 1.807) is 11.8 Å². The molecule has 0 aromatic carbocycles. The third-order valence-electron chi connectivity index (χ3n) is 2.07. The van der Waals surface area contributed by atoms with Crippen LogP contribution in [0.25, 0.3) is 0 Å². The molecule has 2 nitrogen and oxygen atoms in total. The van der Waals surface area contributed by atoms with Crippen molar-refractivity contribution >= 4 is 19.6 Å². The molecule has 0 amide bonds. The molecule has 12 heavy (non-hydrogen) atoms. The zero-order valence-corrected chi connectivity index (χ0v) is 8.47. The highest BCUT2D eigenvalue weighted by Gasteiger charge is 2.28. The first-order valence-electron chi connectivity index (χ1n) is 4.21. The molecule has 68 valence electrons. The second-order valence-electron chi connectivity index (χ2n) is 3.20. The maximum absolute atomic E-state index is 5.64. The highest BCUT2D eigenvalue weighted by molar-refractivity contribution is 7.98. The molecule has 1 fully saturated rings. The minimum atomic E-state index is -0.0807. The molecule has 1 heterocycles. The van der Waals surface area contributed by atoms with Crippen LogP contribution in [0.15, 0.2) is 0 Å². The van der Waals surface area contributed by atoms with Crippen LogP contribution in [0, 0.1) is 5.92 Å². The summed E-state index contributed by atoms with van der Waals surface area (Å²) in [5, 5.41) is 0. The average Bonchev–Trinajstić information content (AvgIpc) is 2.31. The summed E-state index contributed by atoms with van der Waals surface area (Å²) in [6.45, 7) is 2.83. The second-order valence-corrected chi connectivity index (χ2v) is 4.02. The number of thioether (sulfide) groups is 1. The Morgan fingerprint density at radius 1 is 1.67 bits per heavy atom. The van der Waals surface area contributed by atoms with Crippen LogP contribution in [0.1, 0.15) is 13.3 Å². The third kappa shape index (κ3) is 3.00. The topological polar surface area (TPSA) is 18.5 Å². The Morgan fingerprint density at radius 3 is 2.92 bits per heavy atom. The van der Waals surface area contributed by atoms with Gasteiger partial charge in [-0.15, -0.1) is 11.8 Å². The molecule has 0 aromatic rings. The van der Waals surface area contributed by atoms with E-state index in [1.165, 1.54) is 0 Å². The predicted molar refractivity (Wildman–Crippen MR) is 52.5 cm³/mol. The smallest absolute Gasteiger partial charge is 0.109 e. The van der Waals surface area contributed by atoms with Crippen LogP contribution in [-0.4, -0.2) is 38.8 Å². The van der Waals surface area contributed by atoms with Gasteiger partial charge in [-0.1, -0.05) is 6.92 Å². The van der Waals surface area contributed by atoms with Crippen molar-refractivity contribution in [2.75, 3.05) is 18.8 Å². The zero-order chi connectivity index (χ0) is 8.97. The van der Waals surface area contributed by atoms with Crippen molar-refractivity contribution in [3.05, 3.63) is 0 Å². The van der Waals surface area contributed by atoms with Gasteiger partial charge in [0.25, 0.3) is 0 Å². The quantitative estimate of drug-likeness (QED) is 0.374. The third-order valence-corrected chi connectivity index (χ3v) is 2.47. The number of rotatable bonds is 4. The normalized spacial score (nSPS) is 35.7. The monoisotopic (exact) mass is 186 g/mol. The van der Waals surface area contributed by atoms with Gasteiger partial charge in [-0.2, -0.15) is 0 Å². The van der Waals surface area contributed by atoms with Crippen LogP contribution in [0.5, 0.6) is 0 Å². The van der Waals surface area contributed by atoms with Gasteiger partial charge in [0.15, 0.2) is 0 Å². The van der Waals surface area contributed by atoms with Gasteiger partial charge >= 0.3 is 0 Å². The van der Waals surface area contributed by atoms with Crippen molar-refractivity contribution in [2.24, 2.45) is 5.92 Å². The van der Waals surface area contributed by atoms with Crippen molar-refractivity contribution in [3.8, 4) is 0 Å². The van der Waals surface area contributed by atoms with Crippen LogP contribution < -0.4 is 0 Å². The fourth-order valence-electron chi connectivity index (χ4n) is 1.38. The Labute approximate surface area is 79.8 Å². The van der Waals surface area contributed by atoms with Gasteiger partial charge in [-0.05, 0) is 18.6 Å². The minimum absolute atomic E-state index is 0.0807. The van der Waals surface area contributed by atoms with Crippen LogP contribution in [0.4, 0.5) is 0 Å². The van der Waals surface area contributed by atoms with Crippen LogP contribution in [0.3, 0.4) is 0 Å². The fraction of sp³-hybridized carbons (Fsp3) is 1.00. The number of ether oxygens (including phenoxy) is 2. The average molecular weight is 186 g/mol. The fourth-order valence-corrected chi connectivity index (χ4v) is 1.65. The van der Waals surface area contributed by atoms with Crippen LogP contribution in [0.2, 0.25) is 0 Å². The van der Waals surface area contributed by atoms with E-state index in [9.17, 15) is 0 Å². The molecular formula is C8H15BO2S. The molecule has 1 aliphatic rings. The summed E-state index contributed by atoms with van der Waals surface area (Å²) in [6, 6.07) is -0.0807. The first kappa shape index (κ1) is 10.4. The highest BCUT2D eigenvalue weighted by Crippen LogP contribution is 2.24. The first-order chi connectivity index (χ1) is 5.74. The molecule has 3 unspecified atom stereocenters. The van der Waals surface area contributed by atoms with E-state index in [4.69, 9.17) is 17.3 Å². The second kappa shape index (κ2) is 5.15. The van der Waals surface area contributed by atoms with Gasteiger partial charge < -0.3 is 9.47 Å². The van der Waals surface area contributed by atoms with E-state index in [2.05, 4.69) is 6.92 Å². The standard InChI is InChI=1S/C8H15BO2S/c1-6-3-8(9)11-7(6)4-10-5-12-2/h6-8H,3-5H2,1-2H3. The van der Waals surface area contributed by atoms with Gasteiger partial charge in [0.2, 0.25) is 0 Å². The lowest BCUT2D eigenvalue weighted by molar-refractivity contribution is 0.00815. The Hall–Kier alpha value is 0.335. The lowest BCUT2D eigenvalue weighted by atomic mass is 9.92. The molecule has 0 aromatic heterocycles. The maximum Gasteiger partial charge on any atom is 0.109 e. The molecule has 0 N–H and O–H groups in total. The van der Waals surface area contributed by atoms with Gasteiger partial charge in [0.05, 0.1) is 18.6 Å². The molecular weight excluding hydrogens is 171 g/mol.